The van der Waals surface area contributed by atoms with Crippen molar-refractivity contribution < 1.29 is 52.0 Å². The average molecular weight is 316 g/mol. The lowest BCUT2D eigenvalue weighted by molar-refractivity contribution is -0.143. The first-order valence-corrected chi connectivity index (χ1v) is 5.15. The van der Waals surface area contributed by atoms with Crippen molar-refractivity contribution in [3.05, 3.63) is 0 Å². The summed E-state index contributed by atoms with van der Waals surface area (Å²) < 4.78 is 251. The van der Waals surface area contributed by atoms with Crippen LogP contribution in [0.15, 0.2) is 0 Å². The minimum Gasteiger partial charge on any atom is -0.466 e. The van der Waals surface area contributed by atoms with Crippen molar-refractivity contribution in [1.82, 2.24) is 0 Å². The van der Waals surface area contributed by atoms with E-state index in [-0.39, 0.29) is 0 Å². The van der Waals surface area contributed by atoms with Crippen LogP contribution in [0.3, 0.4) is 0 Å². The van der Waals surface area contributed by atoms with E-state index in [1.54, 1.807) is 0 Å². The molecule has 0 aliphatic carbocycles. The first-order chi connectivity index (χ1) is 21.5. The Balaban J connectivity index is 7.66. The monoisotopic (exact) mass is 315 g/mol. The molecule has 2 heteroatoms. The fraction of sp³-hybridized carbons (Fsp3) is 0.944. The Bertz CT molecular complexity index is 1290. The SMILES string of the molecule is [2H]C([2H])([2H])C([2H])([2H])C([2H])([2H])C([2H])([2H])C([2H])([2H])C([2H])([2H])C([2H])([2H])C([2H])([2H])C([2H])([2H])C([2H])([2H])C([2H])([2H])C([2H])([2H])C([2H])([2H])C([2H])([2H])C([2H])([2H])C(=O)OCC. The quantitative estimate of drug-likeness (QED) is 0.345. The molecule has 120 valence electrons. The first kappa shape index (κ1) is 2.71. The summed E-state index contributed by atoms with van der Waals surface area (Å²) in [5.74, 6) is -2.15. The second kappa shape index (κ2) is 16.5. The lowest BCUT2D eigenvalue weighted by atomic mass is 10.0. The van der Waals surface area contributed by atoms with Gasteiger partial charge in [-0.05, 0) is 13.3 Å². The Morgan fingerprint density at radius 3 is 1.75 bits per heavy atom. The Morgan fingerprint density at radius 1 is 0.850 bits per heavy atom. The highest BCUT2D eigenvalue weighted by Gasteiger charge is 2.00. The van der Waals surface area contributed by atoms with Gasteiger partial charge in [-0.25, -0.2) is 0 Å². The van der Waals surface area contributed by atoms with Crippen molar-refractivity contribution in [2.75, 3.05) is 6.61 Å². The third kappa shape index (κ3) is 15.5. The van der Waals surface area contributed by atoms with Crippen LogP contribution in [-0.2, 0) is 9.53 Å². The molecule has 0 unspecified atom stereocenters. The maximum atomic E-state index is 12.1. The number of ether oxygens (including phenoxy) is 1. The molecule has 0 atom stereocenters. The molecule has 0 saturated heterocycles. The van der Waals surface area contributed by atoms with E-state index in [1.165, 1.54) is 0 Å². The molecule has 0 radical (unpaired) electrons. The summed E-state index contributed by atoms with van der Waals surface area (Å²) in [4.78, 5) is 12.1. The number of rotatable bonds is 15. The van der Waals surface area contributed by atoms with Crippen LogP contribution in [0.25, 0.3) is 0 Å². The molecule has 0 aliphatic heterocycles. The van der Waals surface area contributed by atoms with Crippen molar-refractivity contribution in [1.29, 1.82) is 0 Å². The molecule has 0 rings (SSSR count). The predicted molar refractivity (Wildman–Crippen MR) is 86.9 cm³/mol. The van der Waals surface area contributed by atoms with Crippen molar-refractivity contribution in [2.24, 2.45) is 0 Å². The van der Waals surface area contributed by atoms with E-state index in [0.717, 1.165) is 6.92 Å². The number of hydrogen-bond acceptors (Lipinski definition) is 2. The third-order valence-corrected chi connectivity index (χ3v) is 1.19. The van der Waals surface area contributed by atoms with Crippen LogP contribution in [0.4, 0.5) is 0 Å². The maximum absolute atomic E-state index is 12.1. The van der Waals surface area contributed by atoms with Gasteiger partial charge in [0, 0.05) is 48.9 Å². The van der Waals surface area contributed by atoms with Gasteiger partial charge in [0.25, 0.3) is 0 Å². The van der Waals surface area contributed by atoms with E-state index < -0.39 is 109 Å². The van der Waals surface area contributed by atoms with Gasteiger partial charge in [-0.3, -0.25) is 4.79 Å². The number of hydrogen-bond donors (Lipinski definition) is 0. The third-order valence-electron chi connectivity index (χ3n) is 1.19. The smallest absolute Gasteiger partial charge is 0.305 e. The van der Waals surface area contributed by atoms with E-state index in [2.05, 4.69) is 4.74 Å². The zero-order chi connectivity index (χ0) is 42.5. The van der Waals surface area contributed by atoms with Gasteiger partial charge in [0.2, 0.25) is 0 Å². The normalized spacial score (nSPS) is 44.4. The molecule has 0 amide bonds. The Kier molecular flexibility index (Phi) is 2.24. The lowest BCUT2D eigenvalue weighted by Crippen LogP contribution is -2.03. The number of esters is 1. The molecule has 2 nitrogen and oxygen atoms in total. The van der Waals surface area contributed by atoms with Crippen molar-refractivity contribution in [3.63, 3.8) is 0 Å². The molecule has 0 saturated carbocycles. The fourth-order valence-corrected chi connectivity index (χ4v) is 0.593. The lowest BCUT2D eigenvalue weighted by Gasteiger charge is -2.03. The Morgan fingerprint density at radius 2 is 1.30 bits per heavy atom. The van der Waals surface area contributed by atoms with E-state index in [9.17, 15) is 4.79 Å². The summed E-state index contributed by atoms with van der Waals surface area (Å²) in [7, 11) is 0. The standard InChI is InChI=1S/C18H36O2/c1-3-5-6-7-8-9-10-11-12-13-14-15-16-17-18(19)20-4-2/h3-17H2,1-2H3/i1D3,3D2,5D2,6D2,7D2,8D2,9D2,10D2,11D2,12D2,13D2,14D2,15D2,16D2,17D2. The maximum Gasteiger partial charge on any atom is 0.305 e. The van der Waals surface area contributed by atoms with E-state index >= 15 is 0 Å². The van der Waals surface area contributed by atoms with Crippen molar-refractivity contribution in [2.45, 2.75) is 103 Å². The van der Waals surface area contributed by atoms with Crippen LogP contribution < -0.4 is 0 Å². The second-order valence-corrected chi connectivity index (χ2v) is 2.47. The summed E-state index contributed by atoms with van der Waals surface area (Å²) in [6.07, 6.45) is -67.6. The van der Waals surface area contributed by atoms with E-state index in [4.69, 9.17) is 42.5 Å². The Labute approximate surface area is 170 Å². The molecule has 0 aromatic rings. The van der Waals surface area contributed by atoms with Crippen molar-refractivity contribution in [3.8, 4) is 0 Å². The Hall–Kier alpha value is -0.530. The molecular weight excluding hydrogens is 248 g/mol. The topological polar surface area (TPSA) is 26.3 Å². The van der Waals surface area contributed by atoms with Gasteiger partial charge in [-0.15, -0.1) is 0 Å². The van der Waals surface area contributed by atoms with Gasteiger partial charge in [0.1, 0.15) is 0 Å². The fourth-order valence-electron chi connectivity index (χ4n) is 0.593. The molecule has 0 bridgehead atoms. The molecule has 20 heavy (non-hydrogen) atoms. The second-order valence-electron chi connectivity index (χ2n) is 2.47. The van der Waals surface area contributed by atoms with Crippen LogP contribution in [0, 0.1) is 0 Å². The molecule has 0 spiro atoms. The summed E-state index contributed by atoms with van der Waals surface area (Å²) in [5, 5.41) is 0. The number of carbonyl (C=O) groups is 1. The summed E-state index contributed by atoms with van der Waals surface area (Å²) >= 11 is 0. The van der Waals surface area contributed by atoms with E-state index in [0.29, 0.717) is 0 Å². The molecule has 0 heterocycles. The van der Waals surface area contributed by atoms with Gasteiger partial charge in [0.05, 0.1) is 6.61 Å². The molecule has 0 N–H and O–H groups in total. The minimum atomic E-state index is -5.11. The molecule has 0 fully saturated rings. The van der Waals surface area contributed by atoms with Gasteiger partial charge in [0.15, 0.2) is 0 Å². The van der Waals surface area contributed by atoms with Crippen molar-refractivity contribution >= 4 is 5.97 Å². The van der Waals surface area contributed by atoms with Crippen LogP contribution in [0.2, 0.25) is 0 Å². The predicted octanol–water partition coefficient (Wildman–Crippen LogP) is 6.03. The summed E-state index contributed by atoms with van der Waals surface area (Å²) in [6.45, 7) is -3.63. The van der Waals surface area contributed by atoms with Gasteiger partial charge in [-0.2, -0.15) is 0 Å². The summed E-state index contributed by atoms with van der Waals surface area (Å²) in [6, 6.07) is 0. The molecule has 0 aromatic heterocycles. The minimum absolute atomic E-state index is 0.630. The summed E-state index contributed by atoms with van der Waals surface area (Å²) in [5.41, 5.74) is 0. The van der Waals surface area contributed by atoms with Gasteiger partial charge in [-0.1, -0.05) is 83.3 Å². The van der Waals surface area contributed by atoms with Crippen LogP contribution in [-0.4, -0.2) is 12.6 Å². The average Bonchev–Trinajstić information content (AvgIpc) is 2.90. The van der Waals surface area contributed by atoms with Crippen LogP contribution >= 0.6 is 0 Å². The van der Waals surface area contributed by atoms with Crippen LogP contribution in [0.1, 0.15) is 145 Å². The van der Waals surface area contributed by atoms with Gasteiger partial charge < -0.3 is 4.74 Å². The highest BCUT2D eigenvalue weighted by atomic mass is 16.5. The number of carbonyl (C=O) groups excluding carboxylic acids is 1. The zero-order valence-corrected chi connectivity index (χ0v) is 10.5. The first-order valence-electron chi connectivity index (χ1n) is 20.7. The highest BCUT2D eigenvalue weighted by molar-refractivity contribution is 5.69. The molecule has 0 aliphatic rings. The molecular formula is C18H36O2. The van der Waals surface area contributed by atoms with E-state index in [1.807, 2.05) is 0 Å². The molecule has 0 aromatic carbocycles. The van der Waals surface area contributed by atoms with Crippen LogP contribution in [0.5, 0.6) is 0 Å². The van der Waals surface area contributed by atoms with Gasteiger partial charge >= 0.3 is 5.97 Å². The highest BCUT2D eigenvalue weighted by Crippen LogP contribution is 2.12. The largest absolute Gasteiger partial charge is 0.466 e. The zero-order valence-electron chi connectivity index (χ0n) is 41.5.